The van der Waals surface area contributed by atoms with Crippen LogP contribution in [0, 0.1) is 0 Å². The summed E-state index contributed by atoms with van der Waals surface area (Å²) in [4.78, 5) is 22.6. The molecule has 1 fully saturated rings. The number of amides is 3. The second kappa shape index (κ2) is 6.72. The fourth-order valence-corrected chi connectivity index (χ4v) is 2.80. The van der Waals surface area contributed by atoms with Gasteiger partial charge in [0, 0.05) is 0 Å². The molecule has 3 amide bonds. The van der Waals surface area contributed by atoms with Gasteiger partial charge in [0.05, 0.1) is 0 Å². The van der Waals surface area contributed by atoms with Crippen LogP contribution < -0.4 is 15.4 Å². The molecule has 5 heteroatoms. The Morgan fingerprint density at radius 3 is 2.35 bits per heavy atom. The second-order valence-corrected chi connectivity index (χ2v) is 6.01. The summed E-state index contributed by atoms with van der Waals surface area (Å²) in [5, 5.41) is 7.02. The number of hydrogen-bond acceptors (Lipinski definition) is 3. The lowest BCUT2D eigenvalue weighted by molar-refractivity contribution is -0.115. The van der Waals surface area contributed by atoms with Crippen LogP contribution in [-0.4, -0.2) is 11.9 Å². The summed E-state index contributed by atoms with van der Waals surface area (Å²) in [7, 11) is 0. The predicted octanol–water partition coefficient (Wildman–Crippen LogP) is 3.60. The third-order valence-corrected chi connectivity index (χ3v) is 4.13. The summed E-state index contributed by atoms with van der Waals surface area (Å²) < 4.78 is 5.83. The van der Waals surface area contributed by atoms with Gasteiger partial charge in [-0.1, -0.05) is 48.5 Å². The molecule has 2 N–H and O–H groups in total. The van der Waals surface area contributed by atoms with Crippen molar-refractivity contribution in [1.29, 1.82) is 0 Å². The molecule has 0 aliphatic carbocycles. The van der Waals surface area contributed by atoms with Crippen molar-refractivity contribution in [2.45, 2.75) is 6.61 Å². The van der Waals surface area contributed by atoms with E-state index < -0.39 is 11.9 Å². The summed E-state index contributed by atoms with van der Waals surface area (Å²) in [6, 6.07) is 21.3. The minimum Gasteiger partial charge on any atom is -0.489 e. The molecule has 1 saturated heterocycles. The Bertz CT molecular complexity index is 1020. The van der Waals surface area contributed by atoms with E-state index in [1.807, 2.05) is 36.4 Å². The monoisotopic (exact) mass is 344 g/mol. The number of rotatable bonds is 4. The number of imide groups is 1. The highest BCUT2D eigenvalue weighted by molar-refractivity contribution is 6.13. The zero-order chi connectivity index (χ0) is 17.9. The van der Waals surface area contributed by atoms with E-state index in [-0.39, 0.29) is 5.70 Å². The maximum absolute atomic E-state index is 11.5. The van der Waals surface area contributed by atoms with Gasteiger partial charge in [-0.25, -0.2) is 4.79 Å². The number of hydrogen-bond donors (Lipinski definition) is 2. The van der Waals surface area contributed by atoms with E-state index >= 15 is 0 Å². The third kappa shape index (κ3) is 3.42. The molecule has 0 aromatic heterocycles. The molecule has 3 aromatic carbocycles. The van der Waals surface area contributed by atoms with E-state index in [1.165, 1.54) is 10.8 Å². The maximum atomic E-state index is 11.5. The molecule has 4 rings (SSSR count). The zero-order valence-corrected chi connectivity index (χ0v) is 13.9. The Kier molecular flexibility index (Phi) is 4.11. The van der Waals surface area contributed by atoms with E-state index in [4.69, 9.17) is 4.74 Å². The summed E-state index contributed by atoms with van der Waals surface area (Å²) in [6.07, 6.45) is 1.62. The van der Waals surface area contributed by atoms with Gasteiger partial charge < -0.3 is 10.1 Å². The Morgan fingerprint density at radius 2 is 1.62 bits per heavy atom. The first kappa shape index (κ1) is 15.9. The van der Waals surface area contributed by atoms with Crippen molar-refractivity contribution >= 4 is 28.8 Å². The minimum absolute atomic E-state index is 0.236. The van der Waals surface area contributed by atoms with Gasteiger partial charge in [0.2, 0.25) is 0 Å². The lowest BCUT2D eigenvalue weighted by Gasteiger charge is -2.08. The molecular weight excluding hydrogens is 328 g/mol. The highest BCUT2D eigenvalue weighted by Gasteiger charge is 2.22. The normalized spacial score (nSPS) is 15.2. The first-order valence-electron chi connectivity index (χ1n) is 8.22. The van der Waals surface area contributed by atoms with E-state index in [0.717, 1.165) is 16.9 Å². The van der Waals surface area contributed by atoms with Gasteiger partial charge in [-0.15, -0.1) is 0 Å². The molecule has 128 valence electrons. The summed E-state index contributed by atoms with van der Waals surface area (Å²) in [5.41, 5.74) is 2.13. The molecule has 3 aromatic rings. The number of benzene rings is 3. The maximum Gasteiger partial charge on any atom is 0.326 e. The van der Waals surface area contributed by atoms with Gasteiger partial charge in [0.1, 0.15) is 18.1 Å². The highest BCUT2D eigenvalue weighted by atomic mass is 16.5. The van der Waals surface area contributed by atoms with Crippen LogP contribution in [0.1, 0.15) is 11.1 Å². The standard InChI is InChI=1S/C21H16N2O3/c24-20-19(22-21(25)23-20)12-14-6-9-18(10-7-14)26-13-15-5-8-16-3-1-2-4-17(16)11-15/h1-12H,13H2,(H2,22,23,24,25)/b19-12-. The Balaban J connectivity index is 1.43. The molecule has 1 heterocycles. The lowest BCUT2D eigenvalue weighted by Crippen LogP contribution is -2.22. The van der Waals surface area contributed by atoms with Crippen molar-refractivity contribution in [3.63, 3.8) is 0 Å². The van der Waals surface area contributed by atoms with Gasteiger partial charge in [-0.05, 0) is 46.2 Å². The number of carbonyl (C=O) groups is 2. The van der Waals surface area contributed by atoms with Crippen molar-refractivity contribution in [3.8, 4) is 5.75 Å². The molecule has 0 radical (unpaired) electrons. The first-order valence-corrected chi connectivity index (χ1v) is 8.22. The largest absolute Gasteiger partial charge is 0.489 e. The molecule has 1 aliphatic rings. The summed E-state index contributed by atoms with van der Waals surface area (Å²) in [6.45, 7) is 0.476. The van der Waals surface area contributed by atoms with Crippen LogP contribution in [-0.2, 0) is 11.4 Å². The Labute approximate surface area is 150 Å². The van der Waals surface area contributed by atoms with Crippen LogP contribution in [0.3, 0.4) is 0 Å². The fourth-order valence-electron chi connectivity index (χ4n) is 2.80. The van der Waals surface area contributed by atoms with E-state index in [0.29, 0.717) is 6.61 Å². The predicted molar refractivity (Wildman–Crippen MR) is 99.4 cm³/mol. The first-order chi connectivity index (χ1) is 12.7. The van der Waals surface area contributed by atoms with E-state index in [2.05, 4.69) is 41.0 Å². The molecule has 0 bridgehead atoms. The smallest absolute Gasteiger partial charge is 0.326 e. The van der Waals surface area contributed by atoms with Crippen LogP contribution in [0.15, 0.2) is 72.4 Å². The van der Waals surface area contributed by atoms with Crippen LogP contribution in [0.5, 0.6) is 5.75 Å². The van der Waals surface area contributed by atoms with Gasteiger partial charge in [-0.2, -0.15) is 0 Å². The highest BCUT2D eigenvalue weighted by Crippen LogP contribution is 2.19. The van der Waals surface area contributed by atoms with Crippen molar-refractivity contribution in [2.75, 3.05) is 0 Å². The molecule has 5 nitrogen and oxygen atoms in total. The number of urea groups is 1. The fraction of sp³-hybridized carbons (Fsp3) is 0.0476. The Morgan fingerprint density at radius 1 is 0.846 bits per heavy atom. The van der Waals surface area contributed by atoms with Gasteiger partial charge >= 0.3 is 6.03 Å². The molecule has 1 aliphatic heterocycles. The quantitative estimate of drug-likeness (QED) is 0.561. The number of fused-ring (bicyclic) bond motifs is 1. The van der Waals surface area contributed by atoms with Gasteiger partial charge in [0.25, 0.3) is 5.91 Å². The van der Waals surface area contributed by atoms with Crippen LogP contribution in [0.4, 0.5) is 4.79 Å². The number of carbonyl (C=O) groups excluding carboxylic acids is 2. The molecule has 0 unspecified atom stereocenters. The average Bonchev–Trinajstić information content (AvgIpc) is 2.98. The van der Waals surface area contributed by atoms with E-state index in [9.17, 15) is 9.59 Å². The summed E-state index contributed by atoms with van der Waals surface area (Å²) >= 11 is 0. The SMILES string of the molecule is O=C1NC(=O)/C(=C/c2ccc(OCc3ccc4ccccc4c3)cc2)N1. The molecule has 0 saturated carbocycles. The molecular formula is C21H16N2O3. The minimum atomic E-state index is -0.503. The van der Waals surface area contributed by atoms with Crippen LogP contribution >= 0.6 is 0 Å². The average molecular weight is 344 g/mol. The van der Waals surface area contributed by atoms with Gasteiger partial charge in [0.15, 0.2) is 0 Å². The van der Waals surface area contributed by atoms with Crippen molar-refractivity contribution in [3.05, 3.63) is 83.6 Å². The lowest BCUT2D eigenvalue weighted by atomic mass is 10.1. The second-order valence-electron chi connectivity index (χ2n) is 6.01. The van der Waals surface area contributed by atoms with Crippen molar-refractivity contribution < 1.29 is 14.3 Å². The van der Waals surface area contributed by atoms with Crippen molar-refractivity contribution in [2.24, 2.45) is 0 Å². The van der Waals surface area contributed by atoms with Crippen LogP contribution in [0.2, 0.25) is 0 Å². The molecule has 0 spiro atoms. The number of ether oxygens (including phenoxy) is 1. The molecule has 0 atom stereocenters. The van der Waals surface area contributed by atoms with Crippen molar-refractivity contribution in [1.82, 2.24) is 10.6 Å². The summed E-state index contributed by atoms with van der Waals surface area (Å²) in [5.74, 6) is 0.312. The van der Waals surface area contributed by atoms with Gasteiger partial charge in [-0.3, -0.25) is 10.1 Å². The third-order valence-electron chi connectivity index (χ3n) is 4.13. The van der Waals surface area contributed by atoms with E-state index in [1.54, 1.807) is 6.08 Å². The topological polar surface area (TPSA) is 67.4 Å². The molecule has 26 heavy (non-hydrogen) atoms. The van der Waals surface area contributed by atoms with Crippen LogP contribution in [0.25, 0.3) is 16.8 Å². The number of nitrogens with one attached hydrogen (secondary N) is 2. The Hall–Kier alpha value is -3.60. The zero-order valence-electron chi connectivity index (χ0n) is 13.9.